The molecule has 1 aromatic carbocycles. The number of nitrogens with zero attached hydrogens (tertiary/aromatic N) is 1. The highest BCUT2D eigenvalue weighted by Crippen LogP contribution is 2.22. The molecule has 1 aliphatic rings. The van der Waals surface area contributed by atoms with Crippen LogP contribution in [-0.2, 0) is 14.3 Å². The fraction of sp³-hybridized carbons (Fsp3) is 0.467. The second-order valence-electron chi connectivity index (χ2n) is 5.13. The lowest BCUT2D eigenvalue weighted by atomic mass is 10.2. The van der Waals surface area contributed by atoms with Crippen molar-refractivity contribution in [3.63, 3.8) is 0 Å². The van der Waals surface area contributed by atoms with Crippen LogP contribution < -0.4 is 0 Å². The normalized spacial score (nSPS) is 22.1. The molecule has 0 radical (unpaired) electrons. The van der Waals surface area contributed by atoms with Crippen LogP contribution in [0.25, 0.3) is 0 Å². The fourth-order valence-corrected chi connectivity index (χ4v) is 3.17. The van der Waals surface area contributed by atoms with Gasteiger partial charge in [0.05, 0.1) is 18.4 Å². The smallest absolute Gasteiger partial charge is 0.334 e. The van der Waals surface area contributed by atoms with Gasteiger partial charge in [-0.1, -0.05) is 18.2 Å². The molecular formula is C15H19NO4S. The van der Waals surface area contributed by atoms with Gasteiger partial charge in [0, 0.05) is 11.4 Å². The largest absolute Gasteiger partial charge is 0.479 e. The summed E-state index contributed by atoms with van der Waals surface area (Å²) >= 11 is 1.48. The molecule has 0 spiro atoms. The van der Waals surface area contributed by atoms with E-state index in [1.165, 1.54) is 11.8 Å². The molecule has 1 N–H and O–H groups in total. The van der Waals surface area contributed by atoms with Crippen molar-refractivity contribution >= 4 is 23.6 Å². The van der Waals surface area contributed by atoms with Gasteiger partial charge < -0.3 is 14.7 Å². The van der Waals surface area contributed by atoms with Gasteiger partial charge in [-0.25, -0.2) is 4.79 Å². The zero-order valence-corrected chi connectivity index (χ0v) is 12.9. The number of carbonyl (C=O) groups excluding carboxylic acids is 1. The summed E-state index contributed by atoms with van der Waals surface area (Å²) in [5.41, 5.74) is 1.13. The lowest BCUT2D eigenvalue weighted by Crippen LogP contribution is -2.52. The molecule has 0 aromatic heterocycles. The number of benzene rings is 1. The minimum absolute atomic E-state index is 0.0512. The number of rotatable bonds is 4. The second kappa shape index (κ2) is 6.95. The highest BCUT2D eigenvalue weighted by Gasteiger charge is 2.32. The lowest BCUT2D eigenvalue weighted by Gasteiger charge is -2.34. The Morgan fingerprint density at radius 3 is 2.76 bits per heavy atom. The average molecular weight is 309 g/mol. The molecule has 1 amide bonds. The van der Waals surface area contributed by atoms with Crippen LogP contribution in [0.4, 0.5) is 0 Å². The number of carboxylic acid groups (broad SMARTS) is 1. The van der Waals surface area contributed by atoms with Crippen molar-refractivity contribution < 1.29 is 19.4 Å². The standard InChI is InChI=1S/C15H19NO4S/c1-10-5-3-4-6-13(10)21-9-14(17)16-7-11(2)20-12(8-16)15(18)19/h3-6,11-12H,7-9H2,1-2H3,(H,18,19)/t11-,12?/m1/s1. The maximum absolute atomic E-state index is 12.3. The van der Waals surface area contributed by atoms with E-state index >= 15 is 0 Å². The van der Waals surface area contributed by atoms with Gasteiger partial charge >= 0.3 is 5.97 Å². The summed E-state index contributed by atoms with van der Waals surface area (Å²) in [4.78, 5) is 25.9. The van der Waals surface area contributed by atoms with E-state index in [4.69, 9.17) is 9.84 Å². The van der Waals surface area contributed by atoms with Crippen molar-refractivity contribution in [3.05, 3.63) is 29.8 Å². The molecule has 2 rings (SSSR count). The molecule has 1 unspecified atom stereocenters. The van der Waals surface area contributed by atoms with Gasteiger partial charge in [0.25, 0.3) is 0 Å². The second-order valence-corrected chi connectivity index (χ2v) is 6.14. The first-order valence-electron chi connectivity index (χ1n) is 6.82. The average Bonchev–Trinajstić information content (AvgIpc) is 2.45. The van der Waals surface area contributed by atoms with E-state index in [1.807, 2.05) is 31.2 Å². The number of carboxylic acids is 1. The number of aryl methyl sites for hydroxylation is 1. The number of morpholine rings is 1. The Labute approximate surface area is 128 Å². The summed E-state index contributed by atoms with van der Waals surface area (Å²) in [6.07, 6.45) is -1.19. The lowest BCUT2D eigenvalue weighted by molar-refractivity contribution is -0.165. The fourth-order valence-electron chi connectivity index (χ4n) is 2.24. The van der Waals surface area contributed by atoms with E-state index in [2.05, 4.69) is 0 Å². The third-order valence-electron chi connectivity index (χ3n) is 3.33. The third-order valence-corrected chi connectivity index (χ3v) is 4.49. The van der Waals surface area contributed by atoms with E-state index in [0.717, 1.165) is 10.5 Å². The molecule has 1 aliphatic heterocycles. The number of ether oxygens (including phenoxy) is 1. The van der Waals surface area contributed by atoms with Gasteiger partial charge in [-0.2, -0.15) is 0 Å². The Balaban J connectivity index is 1.93. The van der Waals surface area contributed by atoms with Crippen LogP contribution in [0.2, 0.25) is 0 Å². The molecule has 2 atom stereocenters. The first-order chi connectivity index (χ1) is 9.97. The van der Waals surface area contributed by atoms with Crippen molar-refractivity contribution in [3.8, 4) is 0 Å². The number of thioether (sulfide) groups is 1. The van der Waals surface area contributed by atoms with Crippen LogP contribution >= 0.6 is 11.8 Å². The van der Waals surface area contributed by atoms with E-state index in [-0.39, 0.29) is 18.6 Å². The molecule has 1 fully saturated rings. The summed E-state index contributed by atoms with van der Waals surface area (Å²) in [5, 5.41) is 9.03. The van der Waals surface area contributed by atoms with Gasteiger partial charge in [0.2, 0.25) is 5.91 Å². The summed E-state index contributed by atoms with van der Waals surface area (Å²) < 4.78 is 5.31. The van der Waals surface area contributed by atoms with Crippen molar-refractivity contribution in [1.82, 2.24) is 4.90 Å². The molecule has 1 saturated heterocycles. The molecule has 0 aliphatic carbocycles. The highest BCUT2D eigenvalue weighted by molar-refractivity contribution is 8.00. The molecule has 6 heteroatoms. The molecule has 1 aromatic rings. The SMILES string of the molecule is Cc1ccccc1SCC(=O)N1CC(C(=O)O)O[C@H](C)C1. The number of hydrogen-bond acceptors (Lipinski definition) is 4. The van der Waals surface area contributed by atoms with Crippen LogP contribution in [-0.4, -0.2) is 52.9 Å². The molecule has 114 valence electrons. The Bertz CT molecular complexity index is 534. The summed E-state index contributed by atoms with van der Waals surface area (Å²) in [7, 11) is 0. The molecule has 0 saturated carbocycles. The zero-order chi connectivity index (χ0) is 15.4. The first-order valence-corrected chi connectivity index (χ1v) is 7.80. The highest BCUT2D eigenvalue weighted by atomic mass is 32.2. The van der Waals surface area contributed by atoms with Gasteiger partial charge in [0.15, 0.2) is 6.10 Å². The van der Waals surface area contributed by atoms with Crippen molar-refractivity contribution in [2.75, 3.05) is 18.8 Å². The van der Waals surface area contributed by atoms with Crippen LogP contribution in [0, 0.1) is 6.92 Å². The van der Waals surface area contributed by atoms with Crippen LogP contribution in [0.3, 0.4) is 0 Å². The predicted molar refractivity (Wildman–Crippen MR) is 80.5 cm³/mol. The zero-order valence-electron chi connectivity index (χ0n) is 12.1. The van der Waals surface area contributed by atoms with E-state index in [9.17, 15) is 9.59 Å². The van der Waals surface area contributed by atoms with Gasteiger partial charge in [-0.3, -0.25) is 4.79 Å². The Kier molecular flexibility index (Phi) is 5.25. The maximum Gasteiger partial charge on any atom is 0.334 e. The van der Waals surface area contributed by atoms with Gasteiger partial charge in [-0.15, -0.1) is 11.8 Å². The Morgan fingerprint density at radius 2 is 2.10 bits per heavy atom. The van der Waals surface area contributed by atoms with E-state index in [0.29, 0.717) is 12.3 Å². The Hall–Kier alpha value is -1.53. The van der Waals surface area contributed by atoms with Crippen LogP contribution in [0.1, 0.15) is 12.5 Å². The van der Waals surface area contributed by atoms with Crippen LogP contribution in [0.15, 0.2) is 29.2 Å². The van der Waals surface area contributed by atoms with E-state index in [1.54, 1.807) is 11.8 Å². The van der Waals surface area contributed by atoms with Crippen molar-refractivity contribution in [1.29, 1.82) is 0 Å². The molecular weight excluding hydrogens is 290 g/mol. The minimum Gasteiger partial charge on any atom is -0.479 e. The first kappa shape index (κ1) is 15.9. The molecule has 1 heterocycles. The van der Waals surface area contributed by atoms with Crippen LogP contribution in [0.5, 0.6) is 0 Å². The summed E-state index contributed by atoms with van der Waals surface area (Å²) in [5.74, 6) is -0.764. The van der Waals surface area contributed by atoms with Gasteiger partial charge in [0.1, 0.15) is 0 Å². The summed E-state index contributed by atoms with van der Waals surface area (Å²) in [6.45, 7) is 4.34. The minimum atomic E-state index is -1.02. The number of aliphatic carboxylic acids is 1. The molecule has 0 bridgehead atoms. The monoisotopic (exact) mass is 309 g/mol. The molecule has 5 nitrogen and oxygen atoms in total. The van der Waals surface area contributed by atoms with Crippen molar-refractivity contribution in [2.24, 2.45) is 0 Å². The summed E-state index contributed by atoms with van der Waals surface area (Å²) in [6, 6.07) is 7.89. The Morgan fingerprint density at radius 1 is 1.38 bits per heavy atom. The third kappa shape index (κ3) is 4.22. The number of carbonyl (C=O) groups is 2. The van der Waals surface area contributed by atoms with Crippen molar-refractivity contribution in [2.45, 2.75) is 31.0 Å². The topological polar surface area (TPSA) is 66.8 Å². The molecule has 21 heavy (non-hydrogen) atoms. The maximum atomic E-state index is 12.3. The number of hydrogen-bond donors (Lipinski definition) is 1. The predicted octanol–water partition coefficient (Wildman–Crippen LogP) is 1.79. The van der Waals surface area contributed by atoms with Gasteiger partial charge in [-0.05, 0) is 25.5 Å². The quantitative estimate of drug-likeness (QED) is 0.859. The van der Waals surface area contributed by atoms with E-state index < -0.39 is 12.1 Å². The number of amides is 1.